The summed E-state index contributed by atoms with van der Waals surface area (Å²) in [4.78, 5) is 36.1. The lowest BCUT2D eigenvalue weighted by molar-refractivity contribution is -0.142. The number of amides is 2. The Balaban J connectivity index is 2.23. The van der Waals surface area contributed by atoms with Crippen molar-refractivity contribution >= 4 is 39.4 Å². The molecule has 0 heterocycles. The summed E-state index contributed by atoms with van der Waals surface area (Å²) < 4.78 is 5.65. The molecule has 0 aliphatic carbocycles. The first-order valence-electron chi connectivity index (χ1n) is 7.91. The number of halogens is 1. The Hall–Kier alpha value is -2.67. The van der Waals surface area contributed by atoms with Crippen molar-refractivity contribution in [2.24, 2.45) is 0 Å². The molecule has 0 aliphatic rings. The van der Waals surface area contributed by atoms with E-state index in [-0.39, 0.29) is 17.9 Å². The quantitative estimate of drug-likeness (QED) is 0.706. The van der Waals surface area contributed by atoms with Crippen LogP contribution in [0.4, 0.5) is 5.69 Å². The van der Waals surface area contributed by atoms with Crippen LogP contribution >= 0.6 is 15.9 Å². The van der Waals surface area contributed by atoms with Gasteiger partial charge in [0.1, 0.15) is 6.04 Å². The molecule has 2 rings (SSSR count). The average Bonchev–Trinajstić information content (AvgIpc) is 2.62. The molecule has 2 amide bonds. The molecule has 0 bridgehead atoms. The highest BCUT2D eigenvalue weighted by molar-refractivity contribution is 9.10. The molecule has 0 unspecified atom stereocenters. The minimum absolute atomic E-state index is 0.266. The number of methoxy groups -OCH3 is 1. The zero-order valence-electron chi connectivity index (χ0n) is 14.4. The molecule has 136 valence electrons. The summed E-state index contributed by atoms with van der Waals surface area (Å²) >= 11 is 3.43. The maximum absolute atomic E-state index is 12.7. The number of nitrogens with one attached hydrogen (secondary N) is 2. The first kappa shape index (κ1) is 19.7. The van der Waals surface area contributed by atoms with Gasteiger partial charge in [-0.25, -0.2) is 4.79 Å². The van der Waals surface area contributed by atoms with Crippen LogP contribution < -0.4 is 10.6 Å². The third-order valence-electron chi connectivity index (χ3n) is 3.66. The summed E-state index contributed by atoms with van der Waals surface area (Å²) in [5.74, 6) is -1.31. The van der Waals surface area contributed by atoms with Crippen LogP contribution in [0.25, 0.3) is 0 Å². The molecular weight excluding hydrogens is 400 g/mol. The van der Waals surface area contributed by atoms with Crippen molar-refractivity contribution in [2.75, 3.05) is 12.4 Å². The fourth-order valence-corrected chi connectivity index (χ4v) is 2.88. The summed E-state index contributed by atoms with van der Waals surface area (Å²) in [6, 6.07) is 13.2. The Morgan fingerprint density at radius 1 is 1.08 bits per heavy atom. The summed E-state index contributed by atoms with van der Waals surface area (Å²) in [6.45, 7) is 1.36. The molecular formula is C19H19BrN2O4. The number of para-hydroxylation sites is 1. The lowest BCUT2D eigenvalue weighted by Gasteiger charge is -2.18. The van der Waals surface area contributed by atoms with Crippen LogP contribution in [0.1, 0.15) is 22.8 Å². The van der Waals surface area contributed by atoms with Gasteiger partial charge >= 0.3 is 5.97 Å². The highest BCUT2D eigenvalue weighted by Crippen LogP contribution is 2.19. The minimum Gasteiger partial charge on any atom is -0.467 e. The molecule has 2 N–H and O–H groups in total. The van der Waals surface area contributed by atoms with Gasteiger partial charge < -0.3 is 15.4 Å². The van der Waals surface area contributed by atoms with Crippen molar-refractivity contribution in [3.63, 3.8) is 0 Å². The standard InChI is InChI=1S/C19H19BrN2O4/c1-12(23)21-16-10-6-4-8-14(16)18(24)22-17(19(25)26-2)11-13-7-3-5-9-15(13)20/h3-10,17H,11H2,1-2H3,(H,21,23)(H,22,24)/t17-/m1/s1. The fourth-order valence-electron chi connectivity index (χ4n) is 2.44. The Labute approximate surface area is 160 Å². The summed E-state index contributed by atoms with van der Waals surface area (Å²) in [7, 11) is 1.27. The van der Waals surface area contributed by atoms with Gasteiger partial charge in [-0.2, -0.15) is 0 Å². The van der Waals surface area contributed by atoms with Crippen molar-refractivity contribution in [1.82, 2.24) is 5.32 Å². The van der Waals surface area contributed by atoms with E-state index in [1.807, 2.05) is 24.3 Å². The zero-order chi connectivity index (χ0) is 19.1. The van der Waals surface area contributed by atoms with Crippen LogP contribution in [-0.2, 0) is 20.7 Å². The van der Waals surface area contributed by atoms with Crippen LogP contribution in [0.15, 0.2) is 53.0 Å². The van der Waals surface area contributed by atoms with E-state index in [4.69, 9.17) is 4.74 Å². The van der Waals surface area contributed by atoms with Crippen molar-refractivity contribution < 1.29 is 19.1 Å². The lowest BCUT2D eigenvalue weighted by Crippen LogP contribution is -2.43. The summed E-state index contributed by atoms with van der Waals surface area (Å²) in [5.41, 5.74) is 1.50. The number of ether oxygens (including phenoxy) is 1. The van der Waals surface area contributed by atoms with Gasteiger partial charge in [0, 0.05) is 17.8 Å². The maximum atomic E-state index is 12.7. The monoisotopic (exact) mass is 418 g/mol. The highest BCUT2D eigenvalue weighted by atomic mass is 79.9. The topological polar surface area (TPSA) is 84.5 Å². The second-order valence-corrected chi connectivity index (χ2v) is 6.43. The molecule has 7 heteroatoms. The summed E-state index contributed by atoms with van der Waals surface area (Å²) in [5, 5.41) is 5.29. The normalized spacial score (nSPS) is 11.3. The zero-order valence-corrected chi connectivity index (χ0v) is 16.0. The van der Waals surface area contributed by atoms with E-state index in [2.05, 4.69) is 26.6 Å². The van der Waals surface area contributed by atoms with Gasteiger partial charge in [0.15, 0.2) is 0 Å². The van der Waals surface area contributed by atoms with E-state index < -0.39 is 17.9 Å². The number of esters is 1. The Morgan fingerprint density at radius 3 is 2.38 bits per heavy atom. The average molecular weight is 419 g/mol. The van der Waals surface area contributed by atoms with Gasteiger partial charge in [-0.1, -0.05) is 46.3 Å². The molecule has 0 spiro atoms. The van der Waals surface area contributed by atoms with Gasteiger partial charge in [0.25, 0.3) is 5.91 Å². The molecule has 2 aromatic carbocycles. The molecule has 0 radical (unpaired) electrons. The SMILES string of the molecule is COC(=O)[C@@H](Cc1ccccc1Br)NC(=O)c1ccccc1NC(C)=O. The third kappa shape index (κ3) is 5.16. The van der Waals surface area contributed by atoms with Gasteiger partial charge in [0.2, 0.25) is 5.91 Å². The summed E-state index contributed by atoms with van der Waals surface area (Å²) in [6.07, 6.45) is 0.266. The highest BCUT2D eigenvalue weighted by Gasteiger charge is 2.24. The number of hydrogen-bond donors (Lipinski definition) is 2. The first-order valence-corrected chi connectivity index (χ1v) is 8.70. The number of benzene rings is 2. The van der Waals surface area contributed by atoms with Crippen molar-refractivity contribution in [3.8, 4) is 0 Å². The predicted octanol–water partition coefficient (Wildman–Crippen LogP) is 2.92. The van der Waals surface area contributed by atoms with E-state index in [0.717, 1.165) is 10.0 Å². The smallest absolute Gasteiger partial charge is 0.328 e. The predicted molar refractivity (Wildman–Crippen MR) is 102 cm³/mol. The molecule has 0 aromatic heterocycles. The van der Waals surface area contributed by atoms with Gasteiger partial charge in [-0.05, 0) is 23.8 Å². The molecule has 2 aromatic rings. The number of anilines is 1. The second-order valence-electron chi connectivity index (χ2n) is 5.57. The van der Waals surface area contributed by atoms with Crippen LogP contribution in [0.5, 0.6) is 0 Å². The van der Waals surface area contributed by atoms with E-state index >= 15 is 0 Å². The van der Waals surface area contributed by atoms with E-state index in [0.29, 0.717) is 5.69 Å². The van der Waals surface area contributed by atoms with Crippen LogP contribution in [0, 0.1) is 0 Å². The fraction of sp³-hybridized carbons (Fsp3) is 0.211. The van der Waals surface area contributed by atoms with Crippen molar-refractivity contribution in [3.05, 3.63) is 64.1 Å². The molecule has 0 aliphatic heterocycles. The largest absolute Gasteiger partial charge is 0.467 e. The first-order chi connectivity index (χ1) is 12.4. The third-order valence-corrected chi connectivity index (χ3v) is 4.43. The van der Waals surface area contributed by atoms with Crippen LogP contribution in [0.2, 0.25) is 0 Å². The van der Waals surface area contributed by atoms with Gasteiger partial charge in [-0.3, -0.25) is 9.59 Å². The molecule has 26 heavy (non-hydrogen) atoms. The van der Waals surface area contributed by atoms with Crippen molar-refractivity contribution in [1.29, 1.82) is 0 Å². The number of carbonyl (C=O) groups is 3. The molecule has 0 fully saturated rings. The second kappa shape index (κ2) is 9.15. The molecule has 0 saturated carbocycles. The molecule has 0 saturated heterocycles. The van der Waals surface area contributed by atoms with Crippen LogP contribution in [-0.4, -0.2) is 30.9 Å². The Kier molecular flexibility index (Phi) is 6.91. The van der Waals surface area contributed by atoms with E-state index in [1.165, 1.54) is 14.0 Å². The Morgan fingerprint density at radius 2 is 1.73 bits per heavy atom. The van der Waals surface area contributed by atoms with Crippen molar-refractivity contribution in [2.45, 2.75) is 19.4 Å². The lowest BCUT2D eigenvalue weighted by atomic mass is 10.0. The van der Waals surface area contributed by atoms with Gasteiger partial charge in [-0.15, -0.1) is 0 Å². The molecule has 6 nitrogen and oxygen atoms in total. The number of carbonyl (C=O) groups excluding carboxylic acids is 3. The maximum Gasteiger partial charge on any atom is 0.328 e. The number of hydrogen-bond acceptors (Lipinski definition) is 4. The van der Waals surface area contributed by atoms with Crippen LogP contribution in [0.3, 0.4) is 0 Å². The minimum atomic E-state index is -0.864. The Bertz CT molecular complexity index is 823. The molecule has 1 atom stereocenters. The van der Waals surface area contributed by atoms with Gasteiger partial charge in [0.05, 0.1) is 18.4 Å². The number of rotatable bonds is 6. The van der Waals surface area contributed by atoms with E-state index in [9.17, 15) is 14.4 Å². The van der Waals surface area contributed by atoms with E-state index in [1.54, 1.807) is 24.3 Å².